The summed E-state index contributed by atoms with van der Waals surface area (Å²) in [7, 11) is 1.55. The molecule has 4 rings (SSSR count). The lowest BCUT2D eigenvalue weighted by atomic mass is 10.1. The molecule has 3 aromatic carbocycles. The number of anilines is 4. The van der Waals surface area contributed by atoms with Gasteiger partial charge in [0.15, 0.2) is 0 Å². The average molecular weight is 549 g/mol. The topological polar surface area (TPSA) is 99.2 Å². The number of amides is 3. The summed E-state index contributed by atoms with van der Waals surface area (Å²) in [5, 5.41) is 8.65. The molecule has 0 aliphatic heterocycles. The Morgan fingerprint density at radius 3 is 2.38 bits per heavy atom. The summed E-state index contributed by atoms with van der Waals surface area (Å²) in [6, 6.07) is 19.9. The van der Waals surface area contributed by atoms with Gasteiger partial charge in [-0.1, -0.05) is 42.5 Å². The number of carbonyl (C=O) groups excluding carboxylic acids is 2. The van der Waals surface area contributed by atoms with Gasteiger partial charge in [-0.15, -0.1) is 0 Å². The summed E-state index contributed by atoms with van der Waals surface area (Å²) in [5.74, 6) is 0.175. The molecule has 1 aromatic heterocycles. The number of hydrogen-bond donors (Lipinski definition) is 3. The van der Waals surface area contributed by atoms with E-state index in [0.29, 0.717) is 28.6 Å². The molecule has 1 atom stereocenters. The van der Waals surface area contributed by atoms with Gasteiger partial charge in [0.25, 0.3) is 5.91 Å². The van der Waals surface area contributed by atoms with Crippen LogP contribution in [0.4, 0.5) is 41.0 Å². The van der Waals surface area contributed by atoms with Crippen molar-refractivity contribution in [2.75, 3.05) is 27.9 Å². The lowest BCUT2D eigenvalue weighted by molar-refractivity contribution is -0.137. The van der Waals surface area contributed by atoms with E-state index < -0.39 is 23.7 Å². The summed E-state index contributed by atoms with van der Waals surface area (Å²) in [4.78, 5) is 35.4. The van der Waals surface area contributed by atoms with E-state index in [-0.39, 0.29) is 11.6 Å². The lowest BCUT2D eigenvalue weighted by Gasteiger charge is -2.20. The largest absolute Gasteiger partial charge is 0.416 e. The SMILES string of the molecule is Cc1ccc(NC(=O)c2cccc(C(F)(F)F)c2)cc1NC(=O)N(C)c1cc(NC(C)c2ccccc2)ncn1. The molecule has 0 spiro atoms. The number of urea groups is 1. The van der Waals surface area contributed by atoms with Gasteiger partial charge >= 0.3 is 12.2 Å². The van der Waals surface area contributed by atoms with E-state index in [1.165, 1.54) is 29.4 Å². The first-order valence-electron chi connectivity index (χ1n) is 12.3. The molecule has 0 radical (unpaired) electrons. The fraction of sp³-hybridized carbons (Fsp3) is 0.172. The van der Waals surface area contributed by atoms with Crippen LogP contribution in [0.1, 0.15) is 40.0 Å². The minimum atomic E-state index is -4.57. The molecule has 0 saturated carbocycles. The van der Waals surface area contributed by atoms with Crippen LogP contribution in [-0.4, -0.2) is 29.0 Å². The van der Waals surface area contributed by atoms with E-state index in [1.807, 2.05) is 37.3 Å². The smallest absolute Gasteiger partial charge is 0.363 e. The Labute approximate surface area is 229 Å². The van der Waals surface area contributed by atoms with E-state index in [9.17, 15) is 22.8 Å². The van der Waals surface area contributed by atoms with Crippen molar-refractivity contribution in [3.8, 4) is 0 Å². The Hall–Kier alpha value is -4.93. The molecule has 0 saturated heterocycles. The standard InChI is InChI=1S/C29H27F3N6O2/c1-18-12-13-23(36-27(39)21-10-7-11-22(14-21)29(30,31)32)15-24(18)37-28(40)38(3)26-16-25(33-17-34-26)35-19(2)20-8-5-4-6-9-20/h4-17,19H,1-3H3,(H,36,39)(H,37,40)(H,33,34,35). The predicted octanol–water partition coefficient (Wildman–Crippen LogP) is 6.90. The van der Waals surface area contributed by atoms with Crippen LogP contribution in [0.15, 0.2) is 85.2 Å². The summed E-state index contributed by atoms with van der Waals surface area (Å²) >= 11 is 0. The molecule has 11 heteroatoms. The Bertz CT molecular complexity index is 1510. The van der Waals surface area contributed by atoms with E-state index in [1.54, 1.807) is 32.2 Å². The van der Waals surface area contributed by atoms with E-state index in [2.05, 4.69) is 25.9 Å². The molecule has 0 fully saturated rings. The summed E-state index contributed by atoms with van der Waals surface area (Å²) < 4.78 is 39.1. The van der Waals surface area contributed by atoms with Gasteiger partial charge in [0.1, 0.15) is 18.0 Å². The number of alkyl halides is 3. The number of rotatable bonds is 7. The predicted molar refractivity (Wildman–Crippen MR) is 149 cm³/mol. The molecule has 206 valence electrons. The number of benzene rings is 3. The van der Waals surface area contributed by atoms with Gasteiger partial charge in [-0.3, -0.25) is 9.69 Å². The zero-order valence-electron chi connectivity index (χ0n) is 22.0. The Kier molecular flexibility index (Phi) is 8.32. The van der Waals surface area contributed by atoms with Crippen LogP contribution in [0.5, 0.6) is 0 Å². The third kappa shape index (κ3) is 6.93. The van der Waals surface area contributed by atoms with E-state index >= 15 is 0 Å². The third-order valence-corrected chi connectivity index (χ3v) is 6.15. The number of halogens is 3. The monoisotopic (exact) mass is 548 g/mol. The molecule has 3 N–H and O–H groups in total. The Morgan fingerprint density at radius 1 is 0.900 bits per heavy atom. The second-order valence-corrected chi connectivity index (χ2v) is 9.09. The molecule has 0 bridgehead atoms. The Morgan fingerprint density at radius 2 is 1.65 bits per heavy atom. The number of hydrogen-bond acceptors (Lipinski definition) is 5. The van der Waals surface area contributed by atoms with Gasteiger partial charge < -0.3 is 16.0 Å². The molecule has 4 aromatic rings. The highest BCUT2D eigenvalue weighted by Crippen LogP contribution is 2.30. The van der Waals surface area contributed by atoms with Crippen molar-refractivity contribution in [2.24, 2.45) is 0 Å². The zero-order chi connectivity index (χ0) is 28.9. The highest BCUT2D eigenvalue weighted by atomic mass is 19.4. The summed E-state index contributed by atoms with van der Waals surface area (Å²) in [5.41, 5.74) is 1.43. The second kappa shape index (κ2) is 11.9. The van der Waals surface area contributed by atoms with Crippen molar-refractivity contribution in [3.05, 3.63) is 107 Å². The minimum absolute atomic E-state index is 0.0281. The van der Waals surface area contributed by atoms with Crippen LogP contribution in [0.3, 0.4) is 0 Å². The van der Waals surface area contributed by atoms with Gasteiger partial charge in [-0.25, -0.2) is 14.8 Å². The maximum atomic E-state index is 13.0. The molecular formula is C29H27F3N6O2. The van der Waals surface area contributed by atoms with Crippen molar-refractivity contribution in [1.82, 2.24) is 9.97 Å². The number of nitrogens with one attached hydrogen (secondary N) is 3. The van der Waals surface area contributed by atoms with Crippen LogP contribution in [0.2, 0.25) is 0 Å². The maximum absolute atomic E-state index is 13.0. The van der Waals surface area contributed by atoms with Crippen molar-refractivity contribution in [1.29, 1.82) is 0 Å². The van der Waals surface area contributed by atoms with Gasteiger partial charge in [-0.2, -0.15) is 13.2 Å². The van der Waals surface area contributed by atoms with Crippen LogP contribution in [-0.2, 0) is 6.18 Å². The first-order chi connectivity index (χ1) is 19.0. The van der Waals surface area contributed by atoms with E-state index in [0.717, 1.165) is 17.7 Å². The molecule has 40 heavy (non-hydrogen) atoms. The molecule has 1 heterocycles. The van der Waals surface area contributed by atoms with Crippen molar-refractivity contribution < 1.29 is 22.8 Å². The molecule has 3 amide bonds. The third-order valence-electron chi connectivity index (χ3n) is 6.15. The quantitative estimate of drug-likeness (QED) is 0.233. The first kappa shape index (κ1) is 28.1. The van der Waals surface area contributed by atoms with Crippen molar-refractivity contribution in [2.45, 2.75) is 26.1 Å². The van der Waals surface area contributed by atoms with Crippen LogP contribution in [0.25, 0.3) is 0 Å². The molecule has 0 aliphatic carbocycles. The Balaban J connectivity index is 1.44. The minimum Gasteiger partial charge on any atom is -0.363 e. The molecule has 1 unspecified atom stereocenters. The number of aryl methyl sites for hydroxylation is 1. The summed E-state index contributed by atoms with van der Waals surface area (Å²) in [6.45, 7) is 3.76. The molecular weight excluding hydrogens is 521 g/mol. The summed E-state index contributed by atoms with van der Waals surface area (Å²) in [6.07, 6.45) is -3.21. The zero-order valence-corrected chi connectivity index (χ0v) is 22.0. The van der Waals surface area contributed by atoms with Crippen molar-refractivity contribution >= 4 is 34.9 Å². The highest BCUT2D eigenvalue weighted by molar-refractivity contribution is 6.05. The van der Waals surface area contributed by atoms with Crippen molar-refractivity contribution in [3.63, 3.8) is 0 Å². The number of carbonyl (C=O) groups is 2. The van der Waals surface area contributed by atoms with Gasteiger partial charge in [0.05, 0.1) is 5.56 Å². The van der Waals surface area contributed by atoms with Gasteiger partial charge in [-0.05, 0) is 55.3 Å². The molecule has 0 aliphatic rings. The highest BCUT2D eigenvalue weighted by Gasteiger charge is 2.31. The average Bonchev–Trinajstić information content (AvgIpc) is 2.94. The fourth-order valence-electron chi connectivity index (χ4n) is 3.83. The number of aromatic nitrogens is 2. The molecule has 8 nitrogen and oxygen atoms in total. The van der Waals surface area contributed by atoms with Gasteiger partial charge in [0, 0.05) is 36.1 Å². The number of nitrogens with zero attached hydrogens (tertiary/aromatic N) is 3. The fourth-order valence-corrected chi connectivity index (χ4v) is 3.83. The van der Waals surface area contributed by atoms with Gasteiger partial charge in [0.2, 0.25) is 0 Å². The van der Waals surface area contributed by atoms with E-state index in [4.69, 9.17) is 0 Å². The normalized spacial score (nSPS) is 11.8. The van der Waals surface area contributed by atoms with Crippen LogP contribution >= 0.6 is 0 Å². The second-order valence-electron chi connectivity index (χ2n) is 9.09. The lowest BCUT2D eigenvalue weighted by Crippen LogP contribution is -2.32. The first-order valence-corrected chi connectivity index (χ1v) is 12.3. The van der Waals surface area contributed by atoms with Crippen LogP contribution in [0, 0.1) is 6.92 Å². The van der Waals surface area contributed by atoms with Crippen LogP contribution < -0.4 is 20.9 Å². The maximum Gasteiger partial charge on any atom is 0.416 e.